The van der Waals surface area contributed by atoms with Crippen LogP contribution in [0.3, 0.4) is 0 Å². The maximum atomic E-state index is 13.4. The van der Waals surface area contributed by atoms with Gasteiger partial charge in [-0.15, -0.1) is 0 Å². The Hall–Kier alpha value is -1.09. The second-order valence-electron chi connectivity index (χ2n) is 4.40. The van der Waals surface area contributed by atoms with E-state index < -0.39 is 0 Å². The molecule has 2 aromatic carbocycles. The largest absolute Gasteiger partial charge is 0.309 e. The number of hydrogen-bond donors (Lipinski definition) is 1. The first-order chi connectivity index (χ1) is 9.02. The van der Waals surface area contributed by atoms with E-state index in [1.807, 2.05) is 32.2 Å². The van der Waals surface area contributed by atoms with Crippen molar-refractivity contribution in [3.05, 3.63) is 69.0 Å². The first-order valence-electron chi connectivity index (χ1n) is 5.91. The van der Waals surface area contributed by atoms with Crippen LogP contribution >= 0.6 is 23.2 Å². The lowest BCUT2D eigenvalue weighted by atomic mass is 9.97. The quantitative estimate of drug-likeness (QED) is 0.862. The predicted octanol–water partition coefficient (Wildman–Crippen LogP) is 4.75. The Morgan fingerprint density at radius 1 is 1.05 bits per heavy atom. The number of rotatable bonds is 3. The van der Waals surface area contributed by atoms with E-state index in [2.05, 4.69) is 5.32 Å². The molecule has 0 saturated carbocycles. The van der Waals surface area contributed by atoms with E-state index >= 15 is 0 Å². The number of nitrogens with one attached hydrogen (secondary N) is 1. The fourth-order valence-electron chi connectivity index (χ4n) is 2.09. The molecule has 19 heavy (non-hydrogen) atoms. The number of hydrogen-bond acceptors (Lipinski definition) is 1. The Morgan fingerprint density at radius 3 is 2.37 bits per heavy atom. The van der Waals surface area contributed by atoms with E-state index in [1.165, 1.54) is 12.1 Å². The van der Waals surface area contributed by atoms with Crippen LogP contribution in [0.2, 0.25) is 10.0 Å². The van der Waals surface area contributed by atoms with Crippen LogP contribution in [0.15, 0.2) is 36.4 Å². The van der Waals surface area contributed by atoms with Gasteiger partial charge in [-0.1, -0.05) is 35.3 Å². The molecule has 2 rings (SSSR count). The molecule has 4 heteroatoms. The third kappa shape index (κ3) is 3.08. The highest BCUT2D eigenvalue weighted by Gasteiger charge is 2.16. The number of aryl methyl sites for hydroxylation is 1. The van der Waals surface area contributed by atoms with Crippen LogP contribution in [0.1, 0.15) is 22.7 Å². The maximum Gasteiger partial charge on any atom is 0.123 e. The molecule has 0 aliphatic rings. The van der Waals surface area contributed by atoms with Crippen molar-refractivity contribution in [1.29, 1.82) is 0 Å². The van der Waals surface area contributed by atoms with Gasteiger partial charge in [0.1, 0.15) is 5.82 Å². The fraction of sp³-hybridized carbons (Fsp3) is 0.200. The van der Waals surface area contributed by atoms with Crippen molar-refractivity contribution in [2.24, 2.45) is 0 Å². The Balaban J connectivity index is 2.49. The normalized spacial score (nSPS) is 12.5. The van der Waals surface area contributed by atoms with Gasteiger partial charge in [-0.05, 0) is 54.9 Å². The Kier molecular flexibility index (Phi) is 4.46. The van der Waals surface area contributed by atoms with Gasteiger partial charge in [0.2, 0.25) is 0 Å². The minimum absolute atomic E-state index is 0.167. The molecule has 0 aromatic heterocycles. The lowest BCUT2D eigenvalue weighted by Gasteiger charge is -2.19. The summed E-state index contributed by atoms with van der Waals surface area (Å²) in [4.78, 5) is 0. The van der Waals surface area contributed by atoms with Gasteiger partial charge in [-0.2, -0.15) is 0 Å². The van der Waals surface area contributed by atoms with E-state index in [9.17, 15) is 4.39 Å². The zero-order valence-corrected chi connectivity index (χ0v) is 12.2. The van der Waals surface area contributed by atoms with Crippen LogP contribution in [0.25, 0.3) is 0 Å². The molecule has 100 valence electrons. The predicted molar refractivity (Wildman–Crippen MR) is 78.5 cm³/mol. The summed E-state index contributed by atoms with van der Waals surface area (Å²) < 4.78 is 13.4. The van der Waals surface area contributed by atoms with Gasteiger partial charge in [0.15, 0.2) is 0 Å². The zero-order valence-electron chi connectivity index (χ0n) is 10.7. The summed E-state index contributed by atoms with van der Waals surface area (Å²) >= 11 is 12.2. The SMILES string of the molecule is CNC(c1ccc(Cl)c(C)c1)c1cc(F)ccc1Cl. The Labute approximate surface area is 122 Å². The van der Waals surface area contributed by atoms with Crippen LogP contribution in [0.5, 0.6) is 0 Å². The Morgan fingerprint density at radius 2 is 1.74 bits per heavy atom. The van der Waals surface area contributed by atoms with Gasteiger partial charge in [0.25, 0.3) is 0 Å². The topological polar surface area (TPSA) is 12.0 Å². The molecule has 0 radical (unpaired) electrons. The molecule has 0 aliphatic heterocycles. The summed E-state index contributed by atoms with van der Waals surface area (Å²) in [5.74, 6) is -0.301. The van der Waals surface area contributed by atoms with Crippen molar-refractivity contribution in [2.75, 3.05) is 7.05 Å². The van der Waals surface area contributed by atoms with Crippen LogP contribution < -0.4 is 5.32 Å². The molecule has 0 bridgehead atoms. The summed E-state index contributed by atoms with van der Waals surface area (Å²) in [5.41, 5.74) is 2.69. The Bertz CT molecular complexity index is 599. The third-order valence-corrected chi connectivity index (χ3v) is 3.84. The summed E-state index contributed by atoms with van der Waals surface area (Å²) in [6.07, 6.45) is 0. The average Bonchev–Trinajstić information content (AvgIpc) is 2.38. The number of benzene rings is 2. The fourth-order valence-corrected chi connectivity index (χ4v) is 2.43. The second-order valence-corrected chi connectivity index (χ2v) is 5.21. The molecule has 1 nitrogen and oxygen atoms in total. The van der Waals surface area contributed by atoms with Crippen molar-refractivity contribution in [3.8, 4) is 0 Å². The highest BCUT2D eigenvalue weighted by molar-refractivity contribution is 6.31. The molecule has 0 amide bonds. The second kappa shape index (κ2) is 5.91. The van der Waals surface area contributed by atoms with Gasteiger partial charge >= 0.3 is 0 Å². The lowest BCUT2D eigenvalue weighted by Crippen LogP contribution is -2.18. The van der Waals surface area contributed by atoms with Gasteiger partial charge < -0.3 is 5.32 Å². The van der Waals surface area contributed by atoms with E-state index in [0.29, 0.717) is 15.6 Å². The van der Waals surface area contributed by atoms with Crippen molar-refractivity contribution in [3.63, 3.8) is 0 Å². The molecular formula is C15H14Cl2FN. The van der Waals surface area contributed by atoms with Crippen molar-refractivity contribution in [2.45, 2.75) is 13.0 Å². The smallest absolute Gasteiger partial charge is 0.123 e. The maximum absolute atomic E-state index is 13.4. The molecule has 0 fully saturated rings. The van der Waals surface area contributed by atoms with Crippen molar-refractivity contribution < 1.29 is 4.39 Å². The standard InChI is InChI=1S/C15H14Cl2FN/c1-9-7-10(3-5-13(9)16)15(19-2)12-8-11(18)4-6-14(12)17/h3-8,15,19H,1-2H3. The molecule has 0 heterocycles. The van der Waals surface area contributed by atoms with Gasteiger partial charge in [0, 0.05) is 10.0 Å². The average molecular weight is 298 g/mol. The van der Waals surface area contributed by atoms with Gasteiger partial charge in [-0.3, -0.25) is 0 Å². The summed E-state index contributed by atoms with van der Waals surface area (Å²) in [6.45, 7) is 1.94. The molecule has 1 unspecified atom stereocenters. The molecule has 0 spiro atoms. The zero-order chi connectivity index (χ0) is 14.0. The minimum Gasteiger partial charge on any atom is -0.309 e. The summed E-state index contributed by atoms with van der Waals surface area (Å²) in [7, 11) is 1.82. The van der Waals surface area contributed by atoms with Crippen LogP contribution in [-0.2, 0) is 0 Å². The van der Waals surface area contributed by atoms with Gasteiger partial charge in [-0.25, -0.2) is 4.39 Å². The molecule has 1 atom stereocenters. The van der Waals surface area contributed by atoms with Crippen LogP contribution in [0, 0.1) is 12.7 Å². The van der Waals surface area contributed by atoms with Crippen LogP contribution in [-0.4, -0.2) is 7.05 Å². The highest BCUT2D eigenvalue weighted by Crippen LogP contribution is 2.30. The first kappa shape index (κ1) is 14.3. The summed E-state index contributed by atoms with van der Waals surface area (Å²) in [6, 6.07) is 9.93. The molecular weight excluding hydrogens is 284 g/mol. The first-order valence-corrected chi connectivity index (χ1v) is 6.66. The minimum atomic E-state index is -0.301. The molecule has 0 aliphatic carbocycles. The highest BCUT2D eigenvalue weighted by atomic mass is 35.5. The van der Waals surface area contributed by atoms with E-state index in [1.54, 1.807) is 6.07 Å². The number of halogens is 3. The summed E-state index contributed by atoms with van der Waals surface area (Å²) in [5, 5.41) is 4.40. The lowest BCUT2D eigenvalue weighted by molar-refractivity contribution is 0.617. The molecule has 2 aromatic rings. The monoisotopic (exact) mass is 297 g/mol. The van der Waals surface area contributed by atoms with Gasteiger partial charge in [0.05, 0.1) is 6.04 Å². The van der Waals surface area contributed by atoms with Crippen molar-refractivity contribution in [1.82, 2.24) is 5.32 Å². The van der Waals surface area contributed by atoms with E-state index in [-0.39, 0.29) is 11.9 Å². The third-order valence-electron chi connectivity index (χ3n) is 3.07. The van der Waals surface area contributed by atoms with E-state index in [4.69, 9.17) is 23.2 Å². The van der Waals surface area contributed by atoms with Crippen LogP contribution in [0.4, 0.5) is 4.39 Å². The molecule has 1 N–H and O–H groups in total. The van der Waals surface area contributed by atoms with Crippen molar-refractivity contribution >= 4 is 23.2 Å². The van der Waals surface area contributed by atoms with E-state index in [0.717, 1.165) is 11.1 Å². The molecule has 0 saturated heterocycles.